The molecule has 1 aromatic carbocycles. The summed E-state index contributed by atoms with van der Waals surface area (Å²) < 4.78 is 2.16. The fourth-order valence-corrected chi connectivity index (χ4v) is 3.05. The van der Waals surface area contributed by atoms with Crippen molar-refractivity contribution >= 4 is 17.6 Å². The molecule has 1 atom stereocenters. The average Bonchev–Trinajstić information content (AvgIpc) is 3.08. The Morgan fingerprint density at radius 1 is 1.23 bits per heavy atom. The van der Waals surface area contributed by atoms with Crippen LogP contribution in [-0.4, -0.2) is 28.1 Å². The number of halogens is 1. The molecule has 0 radical (unpaired) electrons. The standard InChI is InChI=1S/C21H30ClN3O/c1-4-6-13-23-21(26)25(17(3)5-2)16-19-11-9-14-24(19)15-18-10-7-8-12-20(18)22/h7-12,14,17H,4-6,13,15-16H2,1-3H3,(H,23,26). The van der Waals surface area contributed by atoms with Crippen LogP contribution in [0, 0.1) is 0 Å². The molecule has 2 aromatic rings. The third-order valence-corrected chi connectivity index (χ3v) is 5.11. The third kappa shape index (κ3) is 5.53. The van der Waals surface area contributed by atoms with Gasteiger partial charge in [0.15, 0.2) is 0 Å². The van der Waals surface area contributed by atoms with Gasteiger partial charge in [-0.05, 0) is 43.5 Å². The summed E-state index contributed by atoms with van der Waals surface area (Å²) in [6, 6.07) is 12.2. The van der Waals surface area contributed by atoms with Crippen molar-refractivity contribution in [3.8, 4) is 0 Å². The van der Waals surface area contributed by atoms with Gasteiger partial charge in [0.05, 0.1) is 6.54 Å². The minimum absolute atomic E-state index is 0.0123. The molecule has 0 fully saturated rings. The van der Waals surface area contributed by atoms with Gasteiger partial charge in [-0.25, -0.2) is 4.79 Å². The molecule has 0 aliphatic rings. The second-order valence-electron chi connectivity index (χ2n) is 6.69. The van der Waals surface area contributed by atoms with E-state index in [4.69, 9.17) is 11.6 Å². The molecule has 2 rings (SSSR count). The molecule has 1 aromatic heterocycles. The summed E-state index contributed by atoms with van der Waals surface area (Å²) in [5, 5.41) is 3.81. The maximum Gasteiger partial charge on any atom is 0.317 e. The molecular formula is C21H30ClN3O. The Balaban J connectivity index is 2.12. The van der Waals surface area contributed by atoms with Crippen LogP contribution in [0.15, 0.2) is 42.6 Å². The number of unbranched alkanes of at least 4 members (excludes halogenated alkanes) is 1. The lowest BCUT2D eigenvalue weighted by Gasteiger charge is -2.29. The predicted octanol–water partition coefficient (Wildman–Crippen LogP) is 5.30. The Morgan fingerprint density at radius 2 is 2.00 bits per heavy atom. The zero-order chi connectivity index (χ0) is 18.9. The third-order valence-electron chi connectivity index (χ3n) is 4.74. The summed E-state index contributed by atoms with van der Waals surface area (Å²) in [5.74, 6) is 0. The molecule has 4 nitrogen and oxygen atoms in total. The van der Waals surface area contributed by atoms with Crippen LogP contribution in [0.2, 0.25) is 5.02 Å². The van der Waals surface area contributed by atoms with E-state index in [2.05, 4.69) is 36.7 Å². The van der Waals surface area contributed by atoms with Gasteiger partial charge in [-0.2, -0.15) is 0 Å². The van der Waals surface area contributed by atoms with Crippen molar-refractivity contribution in [2.24, 2.45) is 0 Å². The van der Waals surface area contributed by atoms with E-state index >= 15 is 0 Å². The molecule has 5 heteroatoms. The summed E-state index contributed by atoms with van der Waals surface area (Å²) in [4.78, 5) is 14.6. The molecule has 1 unspecified atom stereocenters. The van der Waals surface area contributed by atoms with Gasteiger partial charge in [-0.15, -0.1) is 0 Å². The van der Waals surface area contributed by atoms with Crippen molar-refractivity contribution in [2.75, 3.05) is 6.54 Å². The molecule has 0 spiro atoms. The van der Waals surface area contributed by atoms with Gasteiger partial charge >= 0.3 is 6.03 Å². The van der Waals surface area contributed by atoms with Crippen LogP contribution in [0.25, 0.3) is 0 Å². The maximum absolute atomic E-state index is 12.7. The summed E-state index contributed by atoms with van der Waals surface area (Å²) in [5.41, 5.74) is 2.19. The van der Waals surface area contributed by atoms with E-state index in [1.165, 1.54) is 0 Å². The average molecular weight is 376 g/mol. The SMILES string of the molecule is CCCCNC(=O)N(Cc1cccn1Cc1ccccc1Cl)C(C)CC. The number of hydrogen-bond acceptors (Lipinski definition) is 1. The van der Waals surface area contributed by atoms with Gasteiger partial charge in [-0.3, -0.25) is 0 Å². The zero-order valence-corrected chi connectivity index (χ0v) is 16.8. The monoisotopic (exact) mass is 375 g/mol. The molecule has 0 bridgehead atoms. The van der Waals surface area contributed by atoms with Crippen LogP contribution in [-0.2, 0) is 13.1 Å². The Morgan fingerprint density at radius 3 is 2.69 bits per heavy atom. The molecule has 0 saturated carbocycles. The van der Waals surface area contributed by atoms with Crippen molar-refractivity contribution in [1.82, 2.24) is 14.8 Å². The normalized spacial score (nSPS) is 12.0. The van der Waals surface area contributed by atoms with Crippen LogP contribution in [0.4, 0.5) is 4.79 Å². The van der Waals surface area contributed by atoms with Gasteiger partial charge < -0.3 is 14.8 Å². The minimum atomic E-state index is 0.0123. The van der Waals surface area contributed by atoms with E-state index in [1.807, 2.05) is 41.4 Å². The molecule has 26 heavy (non-hydrogen) atoms. The molecular weight excluding hydrogens is 346 g/mol. The molecule has 0 aliphatic heterocycles. The highest BCUT2D eigenvalue weighted by Crippen LogP contribution is 2.19. The number of carbonyl (C=O) groups excluding carboxylic acids is 1. The lowest BCUT2D eigenvalue weighted by molar-refractivity contribution is 0.171. The molecule has 2 amide bonds. The number of urea groups is 1. The second kappa shape index (κ2) is 10.3. The van der Waals surface area contributed by atoms with Crippen molar-refractivity contribution < 1.29 is 4.79 Å². The van der Waals surface area contributed by atoms with Gasteiger partial charge in [-0.1, -0.05) is 50.1 Å². The van der Waals surface area contributed by atoms with Crippen LogP contribution >= 0.6 is 11.6 Å². The Bertz CT molecular complexity index is 698. The number of nitrogens with one attached hydrogen (secondary N) is 1. The topological polar surface area (TPSA) is 37.3 Å². The first-order valence-corrected chi connectivity index (χ1v) is 9.86. The summed E-state index contributed by atoms with van der Waals surface area (Å²) in [7, 11) is 0. The molecule has 142 valence electrons. The zero-order valence-electron chi connectivity index (χ0n) is 16.0. The Labute approximate surface area is 162 Å². The Hall–Kier alpha value is -1.94. The highest BCUT2D eigenvalue weighted by Gasteiger charge is 2.20. The summed E-state index contributed by atoms with van der Waals surface area (Å²) in [6.07, 6.45) is 5.04. The van der Waals surface area contributed by atoms with Crippen molar-refractivity contribution in [1.29, 1.82) is 0 Å². The molecule has 0 aliphatic carbocycles. The minimum Gasteiger partial charge on any atom is -0.345 e. The quantitative estimate of drug-likeness (QED) is 0.593. The smallest absolute Gasteiger partial charge is 0.317 e. The fourth-order valence-electron chi connectivity index (χ4n) is 2.85. The maximum atomic E-state index is 12.7. The van der Waals surface area contributed by atoms with Gasteiger partial charge in [0.1, 0.15) is 0 Å². The predicted molar refractivity (Wildman–Crippen MR) is 109 cm³/mol. The number of amides is 2. The van der Waals surface area contributed by atoms with E-state index in [1.54, 1.807) is 0 Å². The van der Waals surface area contributed by atoms with Crippen LogP contribution in [0.5, 0.6) is 0 Å². The van der Waals surface area contributed by atoms with Crippen LogP contribution in [0.1, 0.15) is 51.3 Å². The Kier molecular flexibility index (Phi) is 8.05. The van der Waals surface area contributed by atoms with Crippen molar-refractivity contribution in [2.45, 2.75) is 59.2 Å². The molecule has 0 saturated heterocycles. The lowest BCUT2D eigenvalue weighted by atomic mass is 10.2. The van der Waals surface area contributed by atoms with E-state index < -0.39 is 0 Å². The highest BCUT2D eigenvalue weighted by atomic mass is 35.5. The van der Waals surface area contributed by atoms with E-state index in [0.29, 0.717) is 13.1 Å². The number of benzene rings is 1. The van der Waals surface area contributed by atoms with Crippen LogP contribution in [0.3, 0.4) is 0 Å². The van der Waals surface area contributed by atoms with Gasteiger partial charge in [0, 0.05) is 36.0 Å². The van der Waals surface area contributed by atoms with E-state index in [9.17, 15) is 4.79 Å². The molecule has 1 N–H and O–H groups in total. The highest BCUT2D eigenvalue weighted by molar-refractivity contribution is 6.31. The molecule has 1 heterocycles. The van der Waals surface area contributed by atoms with Crippen molar-refractivity contribution in [3.05, 3.63) is 58.9 Å². The van der Waals surface area contributed by atoms with Crippen LogP contribution < -0.4 is 5.32 Å². The number of hydrogen-bond donors (Lipinski definition) is 1. The van der Waals surface area contributed by atoms with Crippen molar-refractivity contribution in [3.63, 3.8) is 0 Å². The summed E-state index contributed by atoms with van der Waals surface area (Å²) in [6.45, 7) is 8.35. The summed E-state index contributed by atoms with van der Waals surface area (Å²) >= 11 is 6.31. The van der Waals surface area contributed by atoms with E-state index in [-0.39, 0.29) is 12.1 Å². The van der Waals surface area contributed by atoms with Gasteiger partial charge in [0.25, 0.3) is 0 Å². The van der Waals surface area contributed by atoms with E-state index in [0.717, 1.165) is 42.1 Å². The first-order chi connectivity index (χ1) is 12.6. The van der Waals surface area contributed by atoms with Gasteiger partial charge in [0.2, 0.25) is 0 Å². The second-order valence-corrected chi connectivity index (χ2v) is 7.10. The number of aromatic nitrogens is 1. The largest absolute Gasteiger partial charge is 0.345 e. The number of carbonyl (C=O) groups is 1. The lowest BCUT2D eigenvalue weighted by Crippen LogP contribution is -2.45. The first-order valence-electron chi connectivity index (χ1n) is 9.48. The number of rotatable bonds is 9. The first kappa shape index (κ1) is 20.4. The fraction of sp³-hybridized carbons (Fsp3) is 0.476. The number of nitrogens with zero attached hydrogens (tertiary/aromatic N) is 2.